The third kappa shape index (κ3) is 5.57. The van der Waals surface area contributed by atoms with Gasteiger partial charge in [-0.3, -0.25) is 0 Å². The Hall–Kier alpha value is -2.77. The summed E-state index contributed by atoms with van der Waals surface area (Å²) in [6.45, 7) is 3.50. The van der Waals surface area contributed by atoms with Crippen LogP contribution in [-0.2, 0) is 13.1 Å². The molecule has 1 N–H and O–H groups in total. The maximum Gasteiger partial charge on any atom is 0.186 e. The number of aromatic nitrogens is 3. The van der Waals surface area contributed by atoms with Gasteiger partial charge in [0.15, 0.2) is 5.13 Å². The maximum atomic E-state index is 4.94. The summed E-state index contributed by atoms with van der Waals surface area (Å²) in [6, 6.07) is 25.8. The summed E-state index contributed by atoms with van der Waals surface area (Å²) in [5.74, 6) is 0. The molecule has 9 heteroatoms. The van der Waals surface area contributed by atoms with E-state index in [-0.39, 0.29) is 37.2 Å². The van der Waals surface area contributed by atoms with Crippen LogP contribution >= 0.6 is 48.6 Å². The summed E-state index contributed by atoms with van der Waals surface area (Å²) >= 11 is 1.78. The predicted octanol–water partition coefficient (Wildman–Crippen LogP) is 6.98. The Labute approximate surface area is 227 Å². The summed E-state index contributed by atoms with van der Waals surface area (Å²) in [7, 11) is 0. The Balaban J connectivity index is 0.00000114. The van der Waals surface area contributed by atoms with Gasteiger partial charge in [-0.1, -0.05) is 59.9 Å². The first-order valence-electron chi connectivity index (χ1n) is 10.8. The molecule has 0 bridgehead atoms. The fraction of sp³-hybridized carbons (Fsp3) is 0.154. The van der Waals surface area contributed by atoms with Crippen LogP contribution in [0.3, 0.4) is 0 Å². The first-order valence-corrected chi connectivity index (χ1v) is 11.7. The van der Waals surface area contributed by atoms with E-state index < -0.39 is 0 Å². The summed E-state index contributed by atoms with van der Waals surface area (Å²) in [4.78, 5) is 17.3. The molecule has 182 valence electrons. The molecule has 1 aliphatic heterocycles. The number of aromatic amines is 1. The molecule has 0 aliphatic carbocycles. The number of halogens is 3. The number of nitrogens with zero attached hydrogens (tertiary/aromatic N) is 4. The lowest BCUT2D eigenvalue weighted by Gasteiger charge is -2.24. The van der Waals surface area contributed by atoms with Crippen LogP contribution in [0.4, 0.5) is 10.8 Å². The minimum atomic E-state index is 0. The molecule has 5 aromatic rings. The fourth-order valence-electron chi connectivity index (χ4n) is 4.38. The van der Waals surface area contributed by atoms with Gasteiger partial charge < -0.3 is 14.8 Å². The number of benzene rings is 3. The van der Waals surface area contributed by atoms with Gasteiger partial charge in [0.25, 0.3) is 0 Å². The standard InChI is InChI=1S/C26H23N5S.3ClH/c1-2-6-19(7-3-1)20-10-11-24-21(14-20)16-31(13-12-30(24)17-22-15-27-18-28-22)26-29-23-8-4-5-9-25(23)32-26;;;/h1-11,14-15,18H,12-13,16-17H2,(H,27,28);3*1H. The van der Waals surface area contributed by atoms with Crippen molar-refractivity contribution < 1.29 is 0 Å². The second kappa shape index (κ2) is 11.8. The van der Waals surface area contributed by atoms with Crippen LogP contribution in [0.25, 0.3) is 21.3 Å². The van der Waals surface area contributed by atoms with E-state index in [9.17, 15) is 0 Å². The van der Waals surface area contributed by atoms with Crippen molar-refractivity contribution in [1.82, 2.24) is 15.0 Å². The predicted molar refractivity (Wildman–Crippen MR) is 154 cm³/mol. The molecule has 0 atom stereocenters. The molecule has 6 rings (SSSR count). The normalized spacial score (nSPS) is 12.7. The molecule has 2 aromatic heterocycles. The molecule has 3 aromatic carbocycles. The second-order valence-corrected chi connectivity index (χ2v) is 9.10. The van der Waals surface area contributed by atoms with Crippen LogP contribution in [0.1, 0.15) is 11.3 Å². The monoisotopic (exact) mass is 545 g/mol. The molecule has 0 fully saturated rings. The summed E-state index contributed by atoms with van der Waals surface area (Å²) in [6.07, 6.45) is 3.66. The lowest BCUT2D eigenvalue weighted by Crippen LogP contribution is -2.31. The van der Waals surface area contributed by atoms with Crippen molar-refractivity contribution in [2.75, 3.05) is 22.9 Å². The molecular formula is C26H26Cl3N5S. The van der Waals surface area contributed by atoms with Gasteiger partial charge in [-0.05, 0) is 41.0 Å². The number of anilines is 2. The van der Waals surface area contributed by atoms with Crippen LogP contribution in [0.2, 0.25) is 0 Å². The third-order valence-corrected chi connectivity index (χ3v) is 7.09. The highest BCUT2D eigenvalue weighted by Crippen LogP contribution is 2.35. The van der Waals surface area contributed by atoms with E-state index in [0.29, 0.717) is 0 Å². The molecule has 35 heavy (non-hydrogen) atoms. The molecule has 0 unspecified atom stereocenters. The minimum Gasteiger partial charge on any atom is -0.364 e. The van der Waals surface area contributed by atoms with E-state index in [2.05, 4.69) is 92.6 Å². The zero-order valence-corrected chi connectivity index (χ0v) is 22.1. The van der Waals surface area contributed by atoms with Gasteiger partial charge in [-0.25, -0.2) is 9.97 Å². The Bertz CT molecular complexity index is 1330. The molecule has 5 nitrogen and oxygen atoms in total. The number of nitrogens with one attached hydrogen (secondary N) is 1. The number of thiazole rings is 1. The Morgan fingerprint density at radius 3 is 2.43 bits per heavy atom. The minimum absolute atomic E-state index is 0. The number of H-pyrrole nitrogens is 1. The van der Waals surface area contributed by atoms with Crippen molar-refractivity contribution in [3.63, 3.8) is 0 Å². The Morgan fingerprint density at radius 2 is 1.66 bits per heavy atom. The molecule has 3 heterocycles. The van der Waals surface area contributed by atoms with Crippen molar-refractivity contribution in [3.05, 3.63) is 96.6 Å². The Kier molecular flexibility index (Phi) is 9.03. The lowest BCUT2D eigenvalue weighted by molar-refractivity contribution is 0.749. The van der Waals surface area contributed by atoms with E-state index in [1.165, 1.54) is 27.1 Å². The van der Waals surface area contributed by atoms with Gasteiger partial charge in [-0.15, -0.1) is 37.2 Å². The topological polar surface area (TPSA) is 48.1 Å². The van der Waals surface area contributed by atoms with Crippen LogP contribution < -0.4 is 9.80 Å². The fourth-order valence-corrected chi connectivity index (χ4v) is 5.37. The van der Waals surface area contributed by atoms with Gasteiger partial charge in [0, 0.05) is 31.5 Å². The first kappa shape index (κ1) is 26.8. The molecule has 0 spiro atoms. The highest BCUT2D eigenvalue weighted by molar-refractivity contribution is 7.22. The SMILES string of the molecule is Cl.Cl.Cl.c1ccc(-c2ccc3c(c2)CN(c2nc4ccccc4s2)CCN3Cc2cnc[nH]2)cc1. The van der Waals surface area contributed by atoms with Gasteiger partial charge in [0.1, 0.15) is 0 Å². The van der Waals surface area contributed by atoms with Crippen molar-refractivity contribution in [1.29, 1.82) is 0 Å². The van der Waals surface area contributed by atoms with Gasteiger partial charge >= 0.3 is 0 Å². The van der Waals surface area contributed by atoms with E-state index in [4.69, 9.17) is 4.98 Å². The second-order valence-electron chi connectivity index (χ2n) is 8.09. The number of hydrogen-bond acceptors (Lipinski definition) is 5. The quantitative estimate of drug-likeness (QED) is 0.264. The number of fused-ring (bicyclic) bond motifs is 2. The number of imidazole rings is 1. The Morgan fingerprint density at radius 1 is 0.857 bits per heavy atom. The molecule has 0 amide bonds. The van der Waals surface area contributed by atoms with E-state index in [1.807, 2.05) is 6.20 Å². The summed E-state index contributed by atoms with van der Waals surface area (Å²) in [5.41, 5.74) is 7.29. The van der Waals surface area contributed by atoms with E-state index in [1.54, 1.807) is 17.7 Å². The average molecular weight is 547 g/mol. The summed E-state index contributed by atoms with van der Waals surface area (Å²) < 4.78 is 1.24. The molecular weight excluding hydrogens is 521 g/mol. The number of rotatable bonds is 4. The zero-order valence-electron chi connectivity index (χ0n) is 18.8. The number of para-hydroxylation sites is 1. The van der Waals surface area contributed by atoms with Crippen LogP contribution in [0.5, 0.6) is 0 Å². The maximum absolute atomic E-state index is 4.94. The van der Waals surface area contributed by atoms with Gasteiger partial charge in [0.05, 0.1) is 28.8 Å². The number of hydrogen-bond donors (Lipinski definition) is 1. The average Bonchev–Trinajstić information content (AvgIpc) is 3.47. The molecule has 1 aliphatic rings. The third-order valence-electron chi connectivity index (χ3n) is 6.00. The van der Waals surface area contributed by atoms with Crippen LogP contribution in [0, 0.1) is 0 Å². The molecule has 0 saturated carbocycles. The van der Waals surface area contributed by atoms with E-state index in [0.717, 1.165) is 42.5 Å². The molecule has 0 saturated heterocycles. The highest BCUT2D eigenvalue weighted by atomic mass is 35.5. The zero-order chi connectivity index (χ0) is 21.3. The van der Waals surface area contributed by atoms with E-state index >= 15 is 0 Å². The van der Waals surface area contributed by atoms with Crippen molar-refractivity contribution in [2.45, 2.75) is 13.1 Å². The largest absolute Gasteiger partial charge is 0.364 e. The smallest absolute Gasteiger partial charge is 0.186 e. The molecule has 0 radical (unpaired) electrons. The van der Waals surface area contributed by atoms with Crippen LogP contribution in [-0.4, -0.2) is 28.0 Å². The lowest BCUT2D eigenvalue weighted by atomic mass is 10.0. The van der Waals surface area contributed by atoms with Crippen molar-refractivity contribution in [3.8, 4) is 11.1 Å². The highest BCUT2D eigenvalue weighted by Gasteiger charge is 2.23. The van der Waals surface area contributed by atoms with Gasteiger partial charge in [0.2, 0.25) is 0 Å². The van der Waals surface area contributed by atoms with Crippen LogP contribution in [0.15, 0.2) is 85.3 Å². The van der Waals surface area contributed by atoms with Gasteiger partial charge in [-0.2, -0.15) is 0 Å². The summed E-state index contributed by atoms with van der Waals surface area (Å²) in [5, 5.41) is 1.09. The van der Waals surface area contributed by atoms with Crippen molar-refractivity contribution >= 4 is 69.6 Å². The first-order chi connectivity index (χ1) is 15.8. The van der Waals surface area contributed by atoms with Crippen molar-refractivity contribution in [2.24, 2.45) is 0 Å².